The largest absolute Gasteiger partial charge is 0.481 e. The summed E-state index contributed by atoms with van der Waals surface area (Å²) < 4.78 is 43.1. The molecule has 0 aromatic carbocycles. The van der Waals surface area contributed by atoms with Gasteiger partial charge in [0.2, 0.25) is 0 Å². The van der Waals surface area contributed by atoms with Crippen LogP contribution in [0.1, 0.15) is 60.8 Å². The second-order valence-corrected chi connectivity index (χ2v) is 7.47. The Morgan fingerprint density at radius 1 is 1.12 bits per heavy atom. The number of carboxylic acids is 1. The molecule has 2 N–H and O–H groups in total. The maximum atomic E-state index is 12.7. The molecule has 0 saturated carbocycles. The second kappa shape index (κ2) is 7.29. The van der Waals surface area contributed by atoms with Crippen molar-refractivity contribution in [2.24, 2.45) is 10.8 Å². The standard InChI is InChI=1S/C16H27F3O5/c1-7-14(5,9-13(3,4)11(20)21)12(22)24-10(2)8-15(6,23)16(17,18)19/h10,23H,7-9H2,1-6H3,(H,20,21). The third kappa shape index (κ3) is 5.65. The first-order chi connectivity index (χ1) is 10.5. The van der Waals surface area contributed by atoms with E-state index in [-0.39, 0.29) is 12.8 Å². The van der Waals surface area contributed by atoms with Gasteiger partial charge in [-0.3, -0.25) is 9.59 Å². The summed E-state index contributed by atoms with van der Waals surface area (Å²) in [6.07, 6.45) is -6.57. The van der Waals surface area contributed by atoms with Gasteiger partial charge in [-0.25, -0.2) is 0 Å². The van der Waals surface area contributed by atoms with E-state index in [1.54, 1.807) is 6.92 Å². The van der Waals surface area contributed by atoms with Crippen molar-refractivity contribution in [2.75, 3.05) is 0 Å². The normalized spacial score (nSPS) is 19.1. The molecule has 8 heteroatoms. The van der Waals surface area contributed by atoms with Crippen LogP contribution in [0.5, 0.6) is 0 Å². The number of carbonyl (C=O) groups excluding carboxylic acids is 1. The van der Waals surface area contributed by atoms with Gasteiger partial charge >= 0.3 is 18.1 Å². The molecule has 142 valence electrons. The minimum atomic E-state index is -4.84. The molecule has 3 atom stereocenters. The number of halogens is 3. The summed E-state index contributed by atoms with van der Waals surface area (Å²) in [7, 11) is 0. The van der Waals surface area contributed by atoms with Crippen molar-refractivity contribution in [3.63, 3.8) is 0 Å². The summed E-state index contributed by atoms with van der Waals surface area (Å²) >= 11 is 0. The summed E-state index contributed by atoms with van der Waals surface area (Å²) in [4.78, 5) is 23.6. The average Bonchev–Trinajstić information content (AvgIpc) is 2.35. The lowest BCUT2D eigenvalue weighted by atomic mass is 9.72. The van der Waals surface area contributed by atoms with E-state index in [1.807, 2.05) is 0 Å². The molecule has 5 nitrogen and oxygen atoms in total. The molecule has 0 aliphatic carbocycles. The Balaban J connectivity index is 5.09. The first kappa shape index (κ1) is 22.7. The number of alkyl halides is 3. The van der Waals surface area contributed by atoms with Crippen LogP contribution in [0.4, 0.5) is 13.2 Å². The van der Waals surface area contributed by atoms with Crippen LogP contribution in [0.15, 0.2) is 0 Å². The number of ether oxygens (including phenoxy) is 1. The Morgan fingerprint density at radius 3 is 1.92 bits per heavy atom. The van der Waals surface area contributed by atoms with Crippen LogP contribution in [0.3, 0.4) is 0 Å². The van der Waals surface area contributed by atoms with Crippen LogP contribution in [0, 0.1) is 10.8 Å². The summed E-state index contributed by atoms with van der Waals surface area (Å²) in [5, 5.41) is 18.7. The number of hydrogen-bond acceptors (Lipinski definition) is 4. The third-order valence-electron chi connectivity index (χ3n) is 4.29. The first-order valence-electron chi connectivity index (χ1n) is 7.72. The van der Waals surface area contributed by atoms with E-state index in [2.05, 4.69) is 0 Å². The highest BCUT2D eigenvalue weighted by molar-refractivity contribution is 5.79. The zero-order valence-electron chi connectivity index (χ0n) is 15.0. The molecule has 0 aromatic heterocycles. The molecule has 0 rings (SSSR count). The van der Waals surface area contributed by atoms with Crippen molar-refractivity contribution in [1.29, 1.82) is 0 Å². The fourth-order valence-electron chi connectivity index (χ4n) is 2.43. The van der Waals surface area contributed by atoms with Crippen molar-refractivity contribution in [2.45, 2.75) is 78.7 Å². The Hall–Kier alpha value is -1.31. The number of carbonyl (C=O) groups is 2. The van der Waals surface area contributed by atoms with E-state index in [0.717, 1.165) is 0 Å². The Kier molecular flexibility index (Phi) is 6.89. The van der Waals surface area contributed by atoms with Gasteiger partial charge in [-0.1, -0.05) is 6.92 Å². The topological polar surface area (TPSA) is 83.8 Å². The Morgan fingerprint density at radius 2 is 1.58 bits per heavy atom. The van der Waals surface area contributed by atoms with E-state index in [4.69, 9.17) is 4.74 Å². The fraction of sp³-hybridized carbons (Fsp3) is 0.875. The van der Waals surface area contributed by atoms with Crippen LogP contribution in [0.2, 0.25) is 0 Å². The van der Waals surface area contributed by atoms with Gasteiger partial charge in [0, 0.05) is 6.42 Å². The lowest BCUT2D eigenvalue weighted by Crippen LogP contribution is -2.46. The summed E-state index contributed by atoms with van der Waals surface area (Å²) in [5.74, 6) is -1.85. The first-order valence-corrected chi connectivity index (χ1v) is 7.72. The number of rotatable bonds is 8. The van der Waals surface area contributed by atoms with E-state index in [0.29, 0.717) is 6.92 Å². The predicted octanol–water partition coefficient (Wildman–Crippen LogP) is 3.54. The highest BCUT2D eigenvalue weighted by Gasteiger charge is 2.51. The van der Waals surface area contributed by atoms with Crippen LogP contribution in [-0.4, -0.2) is 40.0 Å². The van der Waals surface area contributed by atoms with Gasteiger partial charge in [0.1, 0.15) is 6.10 Å². The summed E-state index contributed by atoms with van der Waals surface area (Å²) in [6.45, 7) is 8.01. The van der Waals surface area contributed by atoms with Gasteiger partial charge in [0.15, 0.2) is 5.60 Å². The number of carboxylic acid groups (broad SMARTS) is 1. The number of aliphatic hydroxyl groups is 1. The van der Waals surface area contributed by atoms with E-state index in [1.165, 1.54) is 27.7 Å². The predicted molar refractivity (Wildman–Crippen MR) is 81.3 cm³/mol. The number of esters is 1. The van der Waals surface area contributed by atoms with Crippen LogP contribution in [-0.2, 0) is 14.3 Å². The monoisotopic (exact) mass is 356 g/mol. The summed E-state index contributed by atoms with van der Waals surface area (Å²) in [5.41, 5.74) is -5.32. The molecule has 3 unspecified atom stereocenters. The van der Waals surface area contributed by atoms with Gasteiger partial charge in [0.05, 0.1) is 10.8 Å². The van der Waals surface area contributed by atoms with Crippen molar-refractivity contribution >= 4 is 11.9 Å². The lowest BCUT2D eigenvalue weighted by Gasteiger charge is -2.34. The summed E-state index contributed by atoms with van der Waals surface area (Å²) in [6, 6.07) is 0. The highest BCUT2D eigenvalue weighted by Crippen LogP contribution is 2.39. The van der Waals surface area contributed by atoms with Crippen molar-refractivity contribution < 1.29 is 37.7 Å². The SMILES string of the molecule is CCC(C)(CC(C)(C)C(=O)O)C(=O)OC(C)CC(C)(O)C(F)(F)F. The van der Waals surface area contributed by atoms with Gasteiger partial charge in [-0.05, 0) is 47.5 Å². The zero-order chi connectivity index (χ0) is 19.6. The lowest BCUT2D eigenvalue weighted by molar-refractivity contribution is -0.261. The molecule has 0 heterocycles. The molecule has 0 saturated heterocycles. The molecule has 0 aromatic rings. The molecule has 24 heavy (non-hydrogen) atoms. The molecule has 0 spiro atoms. The zero-order valence-corrected chi connectivity index (χ0v) is 15.0. The molecule has 0 aliphatic rings. The van der Waals surface area contributed by atoms with Crippen LogP contribution in [0.25, 0.3) is 0 Å². The Bertz CT molecular complexity index is 471. The Labute approximate surface area is 140 Å². The smallest absolute Gasteiger partial charge is 0.417 e. The van der Waals surface area contributed by atoms with Crippen molar-refractivity contribution in [3.8, 4) is 0 Å². The second-order valence-electron chi connectivity index (χ2n) is 7.47. The minimum Gasteiger partial charge on any atom is -0.481 e. The van der Waals surface area contributed by atoms with Gasteiger partial charge < -0.3 is 14.9 Å². The van der Waals surface area contributed by atoms with Gasteiger partial charge in [-0.2, -0.15) is 13.2 Å². The van der Waals surface area contributed by atoms with Crippen LogP contribution >= 0.6 is 0 Å². The molecule has 0 aliphatic heterocycles. The fourth-order valence-corrected chi connectivity index (χ4v) is 2.43. The quantitative estimate of drug-likeness (QED) is 0.650. The van der Waals surface area contributed by atoms with Gasteiger partial charge in [-0.15, -0.1) is 0 Å². The minimum absolute atomic E-state index is 0.0208. The van der Waals surface area contributed by atoms with E-state index in [9.17, 15) is 33.0 Å². The van der Waals surface area contributed by atoms with Gasteiger partial charge in [0.25, 0.3) is 0 Å². The maximum Gasteiger partial charge on any atom is 0.417 e. The molecule has 0 radical (unpaired) electrons. The highest BCUT2D eigenvalue weighted by atomic mass is 19.4. The van der Waals surface area contributed by atoms with E-state index >= 15 is 0 Å². The van der Waals surface area contributed by atoms with E-state index < -0.39 is 47.1 Å². The molecular formula is C16H27F3O5. The van der Waals surface area contributed by atoms with Crippen LogP contribution < -0.4 is 0 Å². The third-order valence-corrected chi connectivity index (χ3v) is 4.29. The number of hydrogen-bond donors (Lipinski definition) is 2. The molecular weight excluding hydrogens is 329 g/mol. The van der Waals surface area contributed by atoms with Crippen molar-refractivity contribution in [1.82, 2.24) is 0 Å². The molecule has 0 amide bonds. The molecule has 0 fully saturated rings. The maximum absolute atomic E-state index is 12.7. The molecule has 0 bridgehead atoms. The number of aliphatic carboxylic acids is 1. The van der Waals surface area contributed by atoms with Crippen molar-refractivity contribution in [3.05, 3.63) is 0 Å². The average molecular weight is 356 g/mol.